The molecule has 20 heavy (non-hydrogen) atoms. The Kier molecular flexibility index (Phi) is 3.51. The van der Waals surface area contributed by atoms with Gasteiger partial charge in [-0.05, 0) is 0 Å². The van der Waals surface area contributed by atoms with Gasteiger partial charge in [-0.25, -0.2) is 9.97 Å². The summed E-state index contributed by atoms with van der Waals surface area (Å²) in [7, 11) is 0. The van der Waals surface area contributed by atoms with E-state index in [-0.39, 0.29) is 11.9 Å². The Balaban J connectivity index is 1.55. The molecule has 106 valence electrons. The van der Waals surface area contributed by atoms with E-state index in [2.05, 4.69) is 25.6 Å². The third kappa shape index (κ3) is 2.57. The van der Waals surface area contributed by atoms with E-state index in [0.29, 0.717) is 25.4 Å². The van der Waals surface area contributed by atoms with Crippen molar-refractivity contribution in [3.05, 3.63) is 35.6 Å². The summed E-state index contributed by atoms with van der Waals surface area (Å²) in [6.45, 7) is 2.94. The molecule has 0 aliphatic carbocycles. The summed E-state index contributed by atoms with van der Waals surface area (Å²) in [5.74, 6) is 1.30. The van der Waals surface area contributed by atoms with E-state index >= 15 is 0 Å². The molecule has 0 saturated heterocycles. The van der Waals surface area contributed by atoms with Crippen LogP contribution in [0.15, 0.2) is 16.9 Å². The molecule has 2 aromatic heterocycles. The van der Waals surface area contributed by atoms with Gasteiger partial charge in [-0.2, -0.15) is 0 Å². The number of nitrogens with one attached hydrogen (secondary N) is 3. The van der Waals surface area contributed by atoms with Crippen LogP contribution in [-0.2, 0) is 30.7 Å². The molecule has 2 aromatic rings. The first-order valence-corrected chi connectivity index (χ1v) is 6.72. The van der Waals surface area contributed by atoms with Crippen LogP contribution in [-0.4, -0.2) is 26.9 Å². The van der Waals surface area contributed by atoms with Gasteiger partial charge >= 0.3 is 0 Å². The van der Waals surface area contributed by atoms with E-state index in [0.717, 1.165) is 23.6 Å². The Morgan fingerprint density at radius 2 is 2.45 bits per heavy atom. The first-order chi connectivity index (χ1) is 9.76. The normalized spacial score (nSPS) is 17.8. The number of H-pyrrole nitrogens is 1. The number of rotatable bonds is 4. The molecule has 0 spiro atoms. The van der Waals surface area contributed by atoms with Gasteiger partial charge in [0.1, 0.15) is 5.76 Å². The average Bonchev–Trinajstić information content (AvgIpc) is 3.12. The zero-order valence-corrected chi connectivity index (χ0v) is 11.3. The number of carbonyl (C=O) groups is 1. The number of aromatic amines is 1. The number of hydrogen-bond acceptors (Lipinski definition) is 5. The summed E-state index contributed by atoms with van der Waals surface area (Å²) in [6, 6.07) is -0.258. The number of fused-ring (bicyclic) bond motifs is 1. The molecule has 0 radical (unpaired) electrons. The lowest BCUT2D eigenvalue weighted by Gasteiger charge is -2.21. The van der Waals surface area contributed by atoms with Crippen molar-refractivity contribution in [3.63, 3.8) is 0 Å². The lowest BCUT2D eigenvalue weighted by atomic mass is 10.0. The summed E-state index contributed by atoms with van der Waals surface area (Å²) in [6.07, 6.45) is 4.74. The van der Waals surface area contributed by atoms with E-state index in [1.807, 2.05) is 6.92 Å². The Labute approximate surface area is 116 Å². The predicted octanol–water partition coefficient (Wildman–Crippen LogP) is 0.291. The van der Waals surface area contributed by atoms with Gasteiger partial charge in [0.2, 0.25) is 11.8 Å². The molecule has 3 rings (SSSR count). The number of aryl methyl sites for hydroxylation is 1. The van der Waals surface area contributed by atoms with Crippen molar-refractivity contribution < 1.29 is 9.21 Å². The maximum atomic E-state index is 12.1. The largest absolute Gasteiger partial charge is 0.444 e. The fourth-order valence-electron chi connectivity index (χ4n) is 2.23. The highest BCUT2D eigenvalue weighted by molar-refractivity contribution is 5.82. The maximum Gasteiger partial charge on any atom is 0.237 e. The summed E-state index contributed by atoms with van der Waals surface area (Å²) in [4.78, 5) is 23.5. The number of nitrogens with zero attached hydrogens (tertiary/aromatic N) is 2. The van der Waals surface area contributed by atoms with Crippen LogP contribution in [0, 0.1) is 0 Å². The number of hydrogen-bond donors (Lipinski definition) is 3. The highest BCUT2D eigenvalue weighted by Gasteiger charge is 2.25. The second kappa shape index (κ2) is 5.46. The predicted molar refractivity (Wildman–Crippen MR) is 70.6 cm³/mol. The summed E-state index contributed by atoms with van der Waals surface area (Å²) >= 11 is 0. The van der Waals surface area contributed by atoms with Gasteiger partial charge in [0, 0.05) is 19.4 Å². The van der Waals surface area contributed by atoms with Gasteiger partial charge in [0.15, 0.2) is 0 Å². The number of oxazole rings is 1. The Morgan fingerprint density at radius 1 is 1.55 bits per heavy atom. The highest BCUT2D eigenvalue weighted by atomic mass is 16.4. The fraction of sp³-hybridized carbons (Fsp3) is 0.462. The number of aromatic nitrogens is 3. The summed E-state index contributed by atoms with van der Waals surface area (Å²) < 4.78 is 5.45. The highest BCUT2D eigenvalue weighted by Crippen LogP contribution is 2.12. The zero-order chi connectivity index (χ0) is 13.9. The maximum absolute atomic E-state index is 12.1. The zero-order valence-electron chi connectivity index (χ0n) is 11.3. The molecular weight excluding hydrogens is 258 g/mol. The van der Waals surface area contributed by atoms with E-state index < -0.39 is 0 Å². The Morgan fingerprint density at radius 3 is 3.25 bits per heavy atom. The van der Waals surface area contributed by atoms with Crippen LogP contribution in [0.4, 0.5) is 0 Å². The van der Waals surface area contributed by atoms with Crippen LogP contribution in [0.1, 0.15) is 30.0 Å². The molecule has 0 fully saturated rings. The molecule has 0 saturated carbocycles. The number of amides is 1. The molecule has 0 aromatic carbocycles. The molecule has 1 unspecified atom stereocenters. The third-order valence-electron chi connectivity index (χ3n) is 3.41. The van der Waals surface area contributed by atoms with Gasteiger partial charge in [0.05, 0.1) is 36.5 Å². The molecule has 3 N–H and O–H groups in total. The SMILES string of the molecule is CCc1cnc(CNC(=O)C2Cc3nc[nH]c3CN2)o1. The van der Waals surface area contributed by atoms with Crippen LogP contribution < -0.4 is 10.6 Å². The van der Waals surface area contributed by atoms with Crippen molar-refractivity contribution in [3.8, 4) is 0 Å². The topological polar surface area (TPSA) is 95.8 Å². The molecule has 1 atom stereocenters. The Bertz CT molecular complexity index is 603. The van der Waals surface area contributed by atoms with Crippen LogP contribution in [0.3, 0.4) is 0 Å². The van der Waals surface area contributed by atoms with Gasteiger partial charge in [-0.1, -0.05) is 6.92 Å². The van der Waals surface area contributed by atoms with Gasteiger partial charge in [-0.15, -0.1) is 0 Å². The fourth-order valence-corrected chi connectivity index (χ4v) is 2.23. The van der Waals surface area contributed by atoms with Crippen molar-refractivity contribution in [1.29, 1.82) is 0 Å². The standard InChI is InChI=1S/C13H17N5O2/c1-2-8-4-15-12(20-8)6-16-13(19)10-3-9-11(5-14-10)18-7-17-9/h4,7,10,14H,2-3,5-6H2,1H3,(H,16,19)(H,17,18). The molecule has 0 bridgehead atoms. The van der Waals surface area contributed by atoms with E-state index in [1.54, 1.807) is 12.5 Å². The monoisotopic (exact) mass is 275 g/mol. The van der Waals surface area contributed by atoms with Crippen molar-refractivity contribution >= 4 is 5.91 Å². The summed E-state index contributed by atoms with van der Waals surface area (Å²) in [5, 5.41) is 6.01. The number of imidazole rings is 1. The lowest BCUT2D eigenvalue weighted by Crippen LogP contribution is -2.47. The van der Waals surface area contributed by atoms with Crippen LogP contribution in [0.5, 0.6) is 0 Å². The third-order valence-corrected chi connectivity index (χ3v) is 3.41. The first kappa shape index (κ1) is 12.9. The van der Waals surface area contributed by atoms with Crippen molar-refractivity contribution in [2.45, 2.75) is 38.9 Å². The quantitative estimate of drug-likeness (QED) is 0.745. The second-order valence-corrected chi connectivity index (χ2v) is 4.76. The van der Waals surface area contributed by atoms with E-state index in [4.69, 9.17) is 4.42 Å². The minimum Gasteiger partial charge on any atom is -0.444 e. The minimum absolute atomic E-state index is 0.0603. The van der Waals surface area contributed by atoms with Crippen LogP contribution >= 0.6 is 0 Å². The van der Waals surface area contributed by atoms with Gasteiger partial charge < -0.3 is 14.7 Å². The average molecular weight is 275 g/mol. The Hall–Kier alpha value is -2.15. The molecule has 1 amide bonds. The minimum atomic E-state index is -0.258. The number of carbonyl (C=O) groups excluding carboxylic acids is 1. The lowest BCUT2D eigenvalue weighted by molar-refractivity contribution is -0.123. The smallest absolute Gasteiger partial charge is 0.237 e. The van der Waals surface area contributed by atoms with Crippen molar-refractivity contribution in [2.24, 2.45) is 0 Å². The second-order valence-electron chi connectivity index (χ2n) is 4.76. The first-order valence-electron chi connectivity index (χ1n) is 6.72. The van der Waals surface area contributed by atoms with E-state index in [9.17, 15) is 4.79 Å². The van der Waals surface area contributed by atoms with Gasteiger partial charge in [-0.3, -0.25) is 10.1 Å². The molecule has 7 heteroatoms. The molecule has 7 nitrogen and oxygen atoms in total. The van der Waals surface area contributed by atoms with Crippen molar-refractivity contribution in [1.82, 2.24) is 25.6 Å². The van der Waals surface area contributed by atoms with Gasteiger partial charge in [0.25, 0.3) is 0 Å². The molecule has 1 aliphatic heterocycles. The molecule has 3 heterocycles. The van der Waals surface area contributed by atoms with Crippen LogP contribution in [0.2, 0.25) is 0 Å². The van der Waals surface area contributed by atoms with Crippen molar-refractivity contribution in [2.75, 3.05) is 0 Å². The van der Waals surface area contributed by atoms with E-state index in [1.165, 1.54) is 0 Å². The molecular formula is C13H17N5O2. The molecule has 1 aliphatic rings. The summed E-state index contributed by atoms with van der Waals surface area (Å²) in [5.41, 5.74) is 2.00. The van der Waals surface area contributed by atoms with Crippen LogP contribution in [0.25, 0.3) is 0 Å².